The molecule has 1 atom stereocenters. The van der Waals surface area contributed by atoms with Crippen LogP contribution >= 0.6 is 0 Å². The number of aromatic nitrogens is 3. The van der Waals surface area contributed by atoms with Crippen molar-refractivity contribution < 1.29 is 14.0 Å². The zero-order valence-corrected chi connectivity index (χ0v) is 16.0. The van der Waals surface area contributed by atoms with E-state index in [4.69, 9.17) is 20.2 Å². The summed E-state index contributed by atoms with van der Waals surface area (Å²) in [6.45, 7) is 1.14. The predicted molar refractivity (Wildman–Crippen MR) is 105 cm³/mol. The molecule has 0 spiro atoms. The molecule has 0 radical (unpaired) electrons. The molecule has 4 N–H and O–H groups in total. The van der Waals surface area contributed by atoms with Gasteiger partial charge in [-0.3, -0.25) is 10.1 Å². The summed E-state index contributed by atoms with van der Waals surface area (Å²) in [6.07, 6.45) is 7.85. The van der Waals surface area contributed by atoms with E-state index in [-0.39, 0.29) is 0 Å². The summed E-state index contributed by atoms with van der Waals surface area (Å²) in [7, 11) is 1.51. The maximum Gasteiger partial charge on any atom is 0.241 e. The van der Waals surface area contributed by atoms with E-state index in [0.29, 0.717) is 49.0 Å². The minimum absolute atomic E-state index is 0.354. The Morgan fingerprint density at radius 2 is 2.22 bits per heavy atom. The third-order valence-electron chi connectivity index (χ3n) is 4.01. The molecule has 0 aromatic carbocycles. The molecule has 2 aromatic heterocycles. The molecule has 0 bridgehead atoms. The van der Waals surface area contributed by atoms with Gasteiger partial charge in [-0.15, -0.1) is 0 Å². The number of nitrogens with one attached hydrogen (secondary N) is 2. The molecule has 0 aliphatic carbocycles. The number of hydrogen-bond acceptors (Lipinski definition) is 8. The number of anilines is 1. The van der Waals surface area contributed by atoms with Gasteiger partial charge in [-0.25, -0.2) is 9.71 Å². The van der Waals surface area contributed by atoms with Crippen molar-refractivity contribution in [3.8, 4) is 5.88 Å². The molecular formula is C17H22N6O3S. The number of methoxy groups -OCH3 is 1. The Morgan fingerprint density at radius 1 is 1.41 bits per heavy atom. The number of ether oxygens (including phenoxy) is 2. The lowest BCUT2D eigenvalue weighted by Crippen LogP contribution is -2.11. The molecule has 1 fully saturated rings. The van der Waals surface area contributed by atoms with Gasteiger partial charge in [0.1, 0.15) is 11.9 Å². The highest BCUT2D eigenvalue weighted by Crippen LogP contribution is 2.29. The number of rotatable bonds is 5. The van der Waals surface area contributed by atoms with Gasteiger partial charge in [0.2, 0.25) is 5.88 Å². The predicted octanol–water partition coefficient (Wildman–Crippen LogP) is 1.77. The molecule has 0 amide bonds. The van der Waals surface area contributed by atoms with Gasteiger partial charge in [0.15, 0.2) is 0 Å². The first-order valence-corrected chi connectivity index (χ1v) is 9.92. The van der Waals surface area contributed by atoms with Crippen LogP contribution < -0.4 is 15.2 Å². The van der Waals surface area contributed by atoms with Crippen molar-refractivity contribution >= 4 is 34.1 Å². The second-order valence-electron chi connectivity index (χ2n) is 5.86. The number of aliphatic imine (C=N–C) groups is 1. The van der Waals surface area contributed by atoms with Crippen LogP contribution in [0.25, 0.3) is 5.70 Å². The van der Waals surface area contributed by atoms with Crippen molar-refractivity contribution in [3.05, 3.63) is 35.8 Å². The fourth-order valence-electron chi connectivity index (χ4n) is 2.78. The first-order valence-electron chi connectivity index (χ1n) is 8.36. The molecule has 1 aliphatic rings. The highest BCUT2D eigenvalue weighted by Gasteiger charge is 2.18. The van der Waals surface area contributed by atoms with Crippen molar-refractivity contribution in [3.63, 3.8) is 0 Å². The Morgan fingerprint density at radius 3 is 2.93 bits per heavy atom. The van der Waals surface area contributed by atoms with Crippen LogP contribution in [0.1, 0.15) is 18.4 Å². The first-order chi connectivity index (χ1) is 13.1. The second-order valence-corrected chi connectivity index (χ2v) is 6.97. The van der Waals surface area contributed by atoms with E-state index in [9.17, 15) is 4.55 Å². The maximum atomic E-state index is 11.5. The van der Waals surface area contributed by atoms with Crippen molar-refractivity contribution in [2.75, 3.05) is 31.3 Å². The number of hydrogen-bond donors (Lipinski definition) is 3. The summed E-state index contributed by atoms with van der Waals surface area (Å²) >= 11 is -1.26. The Bertz CT molecular complexity index is 835. The van der Waals surface area contributed by atoms with Crippen molar-refractivity contribution in [1.29, 1.82) is 0 Å². The van der Waals surface area contributed by atoms with Crippen LogP contribution in [0.15, 0.2) is 35.2 Å². The lowest BCUT2D eigenvalue weighted by Gasteiger charge is -2.13. The van der Waals surface area contributed by atoms with E-state index in [1.54, 1.807) is 24.7 Å². The minimum atomic E-state index is -1.26. The monoisotopic (exact) mass is 390 g/mol. The Kier molecular flexibility index (Phi) is 6.32. The molecular weight excluding hydrogens is 368 g/mol. The lowest BCUT2D eigenvalue weighted by molar-refractivity contribution is 0.150. The van der Waals surface area contributed by atoms with Gasteiger partial charge in [0.25, 0.3) is 0 Å². The molecule has 1 saturated heterocycles. The fourth-order valence-corrected chi connectivity index (χ4v) is 3.23. The summed E-state index contributed by atoms with van der Waals surface area (Å²) < 4.78 is 25.1. The normalized spacial score (nSPS) is 19.4. The van der Waals surface area contributed by atoms with Crippen LogP contribution in [0.2, 0.25) is 0 Å². The van der Waals surface area contributed by atoms with Gasteiger partial charge in [0.05, 0.1) is 49.8 Å². The molecule has 10 heteroatoms. The van der Waals surface area contributed by atoms with Gasteiger partial charge < -0.3 is 19.8 Å². The fraction of sp³-hybridized carbons (Fsp3) is 0.353. The molecule has 1 unspecified atom stereocenters. The van der Waals surface area contributed by atoms with Gasteiger partial charge in [0, 0.05) is 29.6 Å². The third-order valence-corrected chi connectivity index (χ3v) is 4.52. The molecule has 144 valence electrons. The van der Waals surface area contributed by atoms with E-state index < -0.39 is 11.4 Å². The van der Waals surface area contributed by atoms with Crippen LogP contribution in [-0.4, -0.2) is 52.0 Å². The molecule has 2 aromatic rings. The topological polar surface area (TPSA) is 134 Å². The number of H-pyrrole nitrogens is 1. The SMILES string of the molecule is COc1ncc(N=C2CCOCCC2=C(N)c2cn[nH]c2)cc1N[S+](C)[O-]. The third kappa shape index (κ3) is 4.79. The molecule has 3 heterocycles. The summed E-state index contributed by atoms with van der Waals surface area (Å²) in [4.78, 5) is 8.98. The number of aromatic amines is 1. The van der Waals surface area contributed by atoms with Crippen LogP contribution in [0.4, 0.5) is 11.4 Å². The van der Waals surface area contributed by atoms with E-state index in [1.165, 1.54) is 13.4 Å². The molecule has 3 rings (SSSR count). The quantitative estimate of drug-likeness (QED) is 0.662. The second kappa shape index (κ2) is 8.89. The molecule has 9 nitrogen and oxygen atoms in total. The number of nitrogens with two attached hydrogens (primary N) is 1. The average Bonchev–Trinajstić information content (AvgIpc) is 3.08. The van der Waals surface area contributed by atoms with E-state index in [1.807, 2.05) is 0 Å². The van der Waals surface area contributed by atoms with Gasteiger partial charge in [-0.1, -0.05) is 0 Å². The number of pyridine rings is 1. The minimum Gasteiger partial charge on any atom is -0.593 e. The standard InChI is InChI=1S/C17H22N6O3S/c1-25-17-15(23-27(2)24)7-12(10-19-17)22-14-4-6-26-5-3-13(14)16(18)11-8-20-21-9-11/h7-10,23H,3-6,18H2,1-2H3,(H,20,21). The van der Waals surface area contributed by atoms with Gasteiger partial charge in [-0.2, -0.15) is 5.10 Å². The van der Waals surface area contributed by atoms with Crippen molar-refractivity contribution in [2.45, 2.75) is 12.8 Å². The zero-order valence-electron chi connectivity index (χ0n) is 15.2. The summed E-state index contributed by atoms with van der Waals surface area (Å²) in [5, 5.41) is 6.73. The van der Waals surface area contributed by atoms with Crippen LogP contribution in [0.3, 0.4) is 0 Å². The highest BCUT2D eigenvalue weighted by atomic mass is 32.2. The van der Waals surface area contributed by atoms with E-state index in [0.717, 1.165) is 16.8 Å². The van der Waals surface area contributed by atoms with Gasteiger partial charge in [-0.05, 0) is 18.1 Å². The number of nitrogens with zero attached hydrogens (tertiary/aromatic N) is 3. The van der Waals surface area contributed by atoms with E-state index >= 15 is 0 Å². The van der Waals surface area contributed by atoms with Crippen LogP contribution in [0, 0.1) is 0 Å². The molecule has 1 aliphatic heterocycles. The lowest BCUT2D eigenvalue weighted by atomic mass is 10.0. The van der Waals surface area contributed by atoms with Crippen LogP contribution in [-0.2, 0) is 16.1 Å². The zero-order chi connectivity index (χ0) is 19.2. The highest BCUT2D eigenvalue weighted by molar-refractivity contribution is 7.92. The largest absolute Gasteiger partial charge is 0.593 e. The van der Waals surface area contributed by atoms with Crippen molar-refractivity contribution in [2.24, 2.45) is 10.7 Å². The van der Waals surface area contributed by atoms with E-state index in [2.05, 4.69) is 19.9 Å². The van der Waals surface area contributed by atoms with Crippen molar-refractivity contribution in [1.82, 2.24) is 15.2 Å². The summed E-state index contributed by atoms with van der Waals surface area (Å²) in [5.41, 5.74) is 10.7. The first kappa shape index (κ1) is 19.2. The Hall–Kier alpha value is -2.56. The van der Waals surface area contributed by atoms with Crippen LogP contribution in [0.5, 0.6) is 5.88 Å². The Labute approximate surface area is 160 Å². The summed E-state index contributed by atoms with van der Waals surface area (Å²) in [5.74, 6) is 0.354. The maximum absolute atomic E-state index is 11.5. The Balaban J connectivity index is 2.01. The average molecular weight is 390 g/mol. The summed E-state index contributed by atoms with van der Waals surface area (Å²) in [6, 6.07) is 1.75. The van der Waals surface area contributed by atoms with Gasteiger partial charge >= 0.3 is 0 Å². The molecule has 0 saturated carbocycles. The smallest absolute Gasteiger partial charge is 0.241 e. The molecule has 27 heavy (non-hydrogen) atoms.